The van der Waals surface area contributed by atoms with Crippen LogP contribution in [0.4, 0.5) is 0 Å². The first kappa shape index (κ1) is 19.2. The minimum atomic E-state index is 0.192. The van der Waals surface area contributed by atoms with E-state index in [0.717, 1.165) is 64.3 Å². The number of amides is 1. The first-order valence-corrected chi connectivity index (χ1v) is 10.4. The molecule has 0 atom stereocenters. The second kappa shape index (κ2) is 8.10. The molecule has 2 aliphatic heterocycles. The van der Waals surface area contributed by atoms with Crippen LogP contribution in [0.25, 0.3) is 0 Å². The van der Waals surface area contributed by atoms with E-state index in [1.54, 1.807) is 0 Å². The van der Waals surface area contributed by atoms with E-state index in [-0.39, 0.29) is 5.91 Å². The van der Waals surface area contributed by atoms with Crippen molar-refractivity contribution in [1.29, 1.82) is 0 Å². The van der Waals surface area contributed by atoms with Crippen LogP contribution in [0.2, 0.25) is 0 Å². The Labute approximate surface area is 168 Å². The summed E-state index contributed by atoms with van der Waals surface area (Å²) in [6, 6.07) is 11.0. The zero-order valence-electron chi connectivity index (χ0n) is 17.4. The molecule has 0 N–H and O–H groups in total. The van der Waals surface area contributed by atoms with E-state index in [9.17, 15) is 4.79 Å². The van der Waals surface area contributed by atoms with Gasteiger partial charge in [-0.2, -0.15) is 0 Å². The van der Waals surface area contributed by atoms with Gasteiger partial charge in [-0.1, -0.05) is 29.8 Å². The molecule has 4 rings (SSSR count). The molecule has 1 fully saturated rings. The summed E-state index contributed by atoms with van der Waals surface area (Å²) >= 11 is 0. The van der Waals surface area contributed by atoms with Crippen LogP contribution >= 0.6 is 0 Å². The fourth-order valence-corrected chi connectivity index (χ4v) is 4.46. The molecule has 1 aromatic carbocycles. The summed E-state index contributed by atoms with van der Waals surface area (Å²) in [6.07, 6.45) is 2.06. The molecule has 5 nitrogen and oxygen atoms in total. The van der Waals surface area contributed by atoms with Gasteiger partial charge in [0.25, 0.3) is 5.91 Å². The molecule has 1 amide bonds. The van der Waals surface area contributed by atoms with Gasteiger partial charge in [0, 0.05) is 58.4 Å². The Morgan fingerprint density at radius 1 is 1.00 bits per heavy atom. The van der Waals surface area contributed by atoms with E-state index in [0.29, 0.717) is 0 Å². The van der Waals surface area contributed by atoms with Crippen molar-refractivity contribution >= 4 is 5.91 Å². The van der Waals surface area contributed by atoms with Gasteiger partial charge in [0.05, 0.1) is 0 Å². The minimum absolute atomic E-state index is 0.192. The first-order valence-electron chi connectivity index (χ1n) is 10.4. The van der Waals surface area contributed by atoms with Gasteiger partial charge >= 0.3 is 0 Å². The van der Waals surface area contributed by atoms with Crippen LogP contribution in [0, 0.1) is 6.92 Å². The average Bonchev–Trinajstić information content (AvgIpc) is 2.85. The number of carbonyl (C=O) groups excluding carboxylic acids is 1. The second-order valence-corrected chi connectivity index (χ2v) is 8.46. The van der Waals surface area contributed by atoms with Crippen LogP contribution in [0.15, 0.2) is 30.3 Å². The summed E-state index contributed by atoms with van der Waals surface area (Å²) in [5, 5.41) is 0. The SMILES string of the molecule is Cc1ccc(CN2CCc3c(cc(C(=O)N4CCCN(C)CC4)n3C)C2)cc1. The minimum Gasteiger partial charge on any atom is -0.343 e. The van der Waals surface area contributed by atoms with Gasteiger partial charge < -0.3 is 14.4 Å². The van der Waals surface area contributed by atoms with Crippen molar-refractivity contribution in [2.75, 3.05) is 39.8 Å². The van der Waals surface area contributed by atoms with Crippen molar-refractivity contribution in [3.63, 3.8) is 0 Å². The van der Waals surface area contributed by atoms with Crippen LogP contribution in [-0.2, 0) is 26.6 Å². The van der Waals surface area contributed by atoms with Crippen molar-refractivity contribution in [1.82, 2.24) is 19.3 Å². The standard InChI is InChI=1S/C23H32N4O/c1-18-5-7-19(8-6-18)16-26-12-9-21-20(17-26)15-22(25(21)3)23(28)27-11-4-10-24(2)13-14-27/h5-8,15H,4,9-14,16-17H2,1-3H3. The van der Waals surface area contributed by atoms with Gasteiger partial charge in [-0.15, -0.1) is 0 Å². The summed E-state index contributed by atoms with van der Waals surface area (Å²) in [7, 11) is 4.20. The molecular weight excluding hydrogens is 348 g/mol. The molecule has 0 saturated carbocycles. The monoisotopic (exact) mass is 380 g/mol. The van der Waals surface area contributed by atoms with Crippen molar-refractivity contribution in [3.05, 3.63) is 58.4 Å². The number of hydrogen-bond donors (Lipinski definition) is 0. The maximum Gasteiger partial charge on any atom is 0.270 e. The normalized spacial score (nSPS) is 18.8. The Kier molecular flexibility index (Phi) is 5.56. The van der Waals surface area contributed by atoms with E-state index in [1.165, 1.54) is 22.4 Å². The number of aryl methyl sites for hydroxylation is 1. The Bertz CT molecular complexity index is 839. The van der Waals surface area contributed by atoms with Crippen molar-refractivity contribution in [3.8, 4) is 0 Å². The Balaban J connectivity index is 1.47. The third-order valence-electron chi connectivity index (χ3n) is 6.26. The molecule has 150 valence electrons. The van der Waals surface area contributed by atoms with Crippen LogP contribution < -0.4 is 0 Å². The number of hydrogen-bond acceptors (Lipinski definition) is 3. The molecule has 2 aliphatic rings. The van der Waals surface area contributed by atoms with Gasteiger partial charge in [-0.25, -0.2) is 0 Å². The van der Waals surface area contributed by atoms with Crippen molar-refractivity contribution < 1.29 is 4.79 Å². The number of aromatic nitrogens is 1. The maximum atomic E-state index is 13.2. The summed E-state index contributed by atoms with van der Waals surface area (Å²) in [6.45, 7) is 8.77. The van der Waals surface area contributed by atoms with E-state index in [2.05, 4.69) is 65.7 Å². The van der Waals surface area contributed by atoms with Crippen molar-refractivity contribution in [2.24, 2.45) is 7.05 Å². The summed E-state index contributed by atoms with van der Waals surface area (Å²) in [4.78, 5) is 20.0. The predicted molar refractivity (Wildman–Crippen MR) is 112 cm³/mol. The first-order chi connectivity index (χ1) is 13.5. The van der Waals surface area contributed by atoms with Crippen LogP contribution in [0.3, 0.4) is 0 Å². The zero-order chi connectivity index (χ0) is 19.7. The molecular formula is C23H32N4O. The number of nitrogens with zero attached hydrogens (tertiary/aromatic N) is 4. The fourth-order valence-electron chi connectivity index (χ4n) is 4.46. The lowest BCUT2D eigenvalue weighted by Crippen LogP contribution is -2.35. The highest BCUT2D eigenvalue weighted by molar-refractivity contribution is 5.93. The molecule has 0 aliphatic carbocycles. The largest absolute Gasteiger partial charge is 0.343 e. The van der Waals surface area contributed by atoms with E-state index < -0.39 is 0 Å². The Morgan fingerprint density at radius 2 is 1.79 bits per heavy atom. The second-order valence-electron chi connectivity index (χ2n) is 8.46. The molecule has 1 saturated heterocycles. The highest BCUT2D eigenvalue weighted by Crippen LogP contribution is 2.25. The highest BCUT2D eigenvalue weighted by atomic mass is 16.2. The van der Waals surface area contributed by atoms with Gasteiger partial charge in [0.1, 0.15) is 5.69 Å². The molecule has 28 heavy (non-hydrogen) atoms. The zero-order valence-corrected chi connectivity index (χ0v) is 17.4. The molecule has 1 aromatic heterocycles. The molecule has 0 unspecified atom stereocenters. The average molecular weight is 381 g/mol. The lowest BCUT2D eigenvalue weighted by Gasteiger charge is -2.27. The van der Waals surface area contributed by atoms with Gasteiger partial charge in [0.2, 0.25) is 0 Å². The fraction of sp³-hybridized carbons (Fsp3) is 0.522. The lowest BCUT2D eigenvalue weighted by atomic mass is 10.1. The summed E-state index contributed by atoms with van der Waals surface area (Å²) in [5.41, 5.74) is 6.16. The molecule has 0 spiro atoms. The Hall–Kier alpha value is -2.11. The maximum absolute atomic E-state index is 13.2. The molecule has 0 radical (unpaired) electrons. The number of rotatable bonds is 3. The molecule has 2 aromatic rings. The number of benzene rings is 1. The van der Waals surface area contributed by atoms with Crippen LogP contribution in [-0.4, -0.2) is 64.9 Å². The van der Waals surface area contributed by atoms with Gasteiger partial charge in [-0.3, -0.25) is 9.69 Å². The topological polar surface area (TPSA) is 31.7 Å². The molecule has 3 heterocycles. The van der Waals surface area contributed by atoms with E-state index >= 15 is 0 Å². The quantitative estimate of drug-likeness (QED) is 0.821. The number of fused-ring (bicyclic) bond motifs is 1. The predicted octanol–water partition coefficient (Wildman–Crippen LogP) is 2.67. The van der Waals surface area contributed by atoms with Crippen molar-refractivity contribution in [2.45, 2.75) is 32.9 Å². The van der Waals surface area contributed by atoms with E-state index in [4.69, 9.17) is 0 Å². The summed E-state index contributed by atoms with van der Waals surface area (Å²) in [5.74, 6) is 0.192. The van der Waals surface area contributed by atoms with Crippen LogP contribution in [0.5, 0.6) is 0 Å². The van der Waals surface area contributed by atoms with Gasteiger partial charge in [0.15, 0.2) is 0 Å². The number of carbonyl (C=O) groups is 1. The molecule has 0 bridgehead atoms. The van der Waals surface area contributed by atoms with E-state index in [1.807, 2.05) is 4.90 Å². The molecule has 5 heteroatoms. The smallest absolute Gasteiger partial charge is 0.270 e. The Morgan fingerprint density at radius 3 is 2.57 bits per heavy atom. The highest BCUT2D eigenvalue weighted by Gasteiger charge is 2.26. The van der Waals surface area contributed by atoms with Gasteiger partial charge in [-0.05, 0) is 44.1 Å². The third-order valence-corrected chi connectivity index (χ3v) is 6.26. The lowest BCUT2D eigenvalue weighted by molar-refractivity contribution is 0.0753. The number of likely N-dealkylation sites (N-methyl/N-ethyl adjacent to an activating group) is 1. The van der Waals surface area contributed by atoms with Crippen LogP contribution in [0.1, 0.15) is 39.3 Å². The third kappa shape index (κ3) is 4.01. The summed E-state index contributed by atoms with van der Waals surface area (Å²) < 4.78 is 2.15.